The Bertz CT molecular complexity index is 567. The smallest absolute Gasteiger partial charge is 0.269 e. The molecule has 1 amide bonds. The van der Waals surface area contributed by atoms with Crippen molar-refractivity contribution in [3.63, 3.8) is 0 Å². The molecule has 19 heavy (non-hydrogen) atoms. The summed E-state index contributed by atoms with van der Waals surface area (Å²) >= 11 is 0. The normalized spacial score (nSPS) is 22.3. The highest BCUT2D eigenvalue weighted by Crippen LogP contribution is 2.35. The standard InChI is InChI=1S/C12H13N3O4/c1-8-7-12(17,14(13-8)9(2)16)10-3-5-11(6-4-10)15(18)19/h3-6,17H,7H2,1-2H3/t12-/m1/s1. The first-order valence-electron chi connectivity index (χ1n) is 5.67. The predicted octanol–water partition coefficient (Wildman–Crippen LogP) is 1.37. The summed E-state index contributed by atoms with van der Waals surface area (Å²) in [5.74, 6) is -0.391. The summed E-state index contributed by atoms with van der Waals surface area (Å²) in [6.07, 6.45) is 0.185. The van der Waals surface area contributed by atoms with Crippen LogP contribution < -0.4 is 0 Å². The Morgan fingerprint density at radius 3 is 2.53 bits per heavy atom. The number of benzene rings is 1. The molecule has 100 valence electrons. The quantitative estimate of drug-likeness (QED) is 0.643. The highest BCUT2D eigenvalue weighted by molar-refractivity contribution is 5.88. The van der Waals surface area contributed by atoms with Gasteiger partial charge in [0.05, 0.1) is 4.92 Å². The Morgan fingerprint density at radius 2 is 2.05 bits per heavy atom. The maximum atomic E-state index is 11.5. The van der Waals surface area contributed by atoms with Crippen LogP contribution in [0.3, 0.4) is 0 Å². The number of hydrogen-bond acceptors (Lipinski definition) is 5. The van der Waals surface area contributed by atoms with E-state index >= 15 is 0 Å². The van der Waals surface area contributed by atoms with Gasteiger partial charge in [0.1, 0.15) is 0 Å². The molecule has 0 spiro atoms. The van der Waals surface area contributed by atoms with E-state index in [2.05, 4.69) is 5.10 Å². The monoisotopic (exact) mass is 263 g/mol. The fraction of sp³-hybridized carbons (Fsp3) is 0.333. The lowest BCUT2D eigenvalue weighted by Crippen LogP contribution is -2.42. The van der Waals surface area contributed by atoms with E-state index in [1.165, 1.54) is 31.2 Å². The summed E-state index contributed by atoms with van der Waals surface area (Å²) in [7, 11) is 0. The molecule has 1 aliphatic rings. The minimum Gasteiger partial charge on any atom is -0.365 e. The largest absolute Gasteiger partial charge is 0.365 e. The van der Waals surface area contributed by atoms with E-state index in [4.69, 9.17) is 0 Å². The average molecular weight is 263 g/mol. The van der Waals surface area contributed by atoms with Gasteiger partial charge in [-0.2, -0.15) is 10.1 Å². The molecule has 0 saturated carbocycles. The van der Waals surface area contributed by atoms with Crippen molar-refractivity contribution in [2.24, 2.45) is 5.10 Å². The molecule has 0 aliphatic carbocycles. The maximum Gasteiger partial charge on any atom is 0.269 e. The molecular weight excluding hydrogens is 250 g/mol. The van der Waals surface area contributed by atoms with Crippen LogP contribution in [0.5, 0.6) is 0 Å². The van der Waals surface area contributed by atoms with Crippen LogP contribution in [0.25, 0.3) is 0 Å². The van der Waals surface area contributed by atoms with Gasteiger partial charge in [0, 0.05) is 36.8 Å². The van der Waals surface area contributed by atoms with Crippen LogP contribution in [0.4, 0.5) is 5.69 Å². The summed E-state index contributed by atoms with van der Waals surface area (Å²) in [4.78, 5) is 21.6. The third-order valence-electron chi connectivity index (χ3n) is 2.96. The van der Waals surface area contributed by atoms with Crippen molar-refractivity contribution in [2.75, 3.05) is 0 Å². The van der Waals surface area contributed by atoms with Gasteiger partial charge in [-0.1, -0.05) is 0 Å². The highest BCUT2D eigenvalue weighted by atomic mass is 16.6. The van der Waals surface area contributed by atoms with Crippen LogP contribution in [0.2, 0.25) is 0 Å². The molecule has 7 nitrogen and oxygen atoms in total. The van der Waals surface area contributed by atoms with Gasteiger partial charge >= 0.3 is 0 Å². The maximum absolute atomic E-state index is 11.5. The van der Waals surface area contributed by atoms with Gasteiger partial charge in [-0.3, -0.25) is 14.9 Å². The van der Waals surface area contributed by atoms with Gasteiger partial charge < -0.3 is 5.11 Å². The Labute approximate surface area is 109 Å². The lowest BCUT2D eigenvalue weighted by molar-refractivity contribution is -0.384. The average Bonchev–Trinajstić information content (AvgIpc) is 2.66. The lowest BCUT2D eigenvalue weighted by Gasteiger charge is -2.30. The number of hydrazone groups is 1. The molecule has 0 fully saturated rings. The third kappa shape index (κ3) is 2.19. The van der Waals surface area contributed by atoms with Gasteiger partial charge in [-0.25, -0.2) is 0 Å². The van der Waals surface area contributed by atoms with Gasteiger partial charge in [0.2, 0.25) is 5.91 Å². The van der Waals surface area contributed by atoms with Crippen LogP contribution >= 0.6 is 0 Å². The van der Waals surface area contributed by atoms with E-state index < -0.39 is 16.6 Å². The van der Waals surface area contributed by atoms with Crippen molar-refractivity contribution in [2.45, 2.75) is 26.0 Å². The number of carbonyl (C=O) groups excluding carboxylic acids is 1. The molecule has 7 heteroatoms. The predicted molar refractivity (Wildman–Crippen MR) is 67.2 cm³/mol. The molecule has 1 aliphatic heterocycles. The van der Waals surface area contributed by atoms with Crippen LogP contribution in [0.1, 0.15) is 25.8 Å². The summed E-state index contributed by atoms with van der Waals surface area (Å²) in [6.45, 7) is 3.01. The van der Waals surface area contributed by atoms with Crippen molar-refractivity contribution in [1.29, 1.82) is 0 Å². The number of carbonyl (C=O) groups is 1. The van der Waals surface area contributed by atoms with E-state index in [9.17, 15) is 20.0 Å². The van der Waals surface area contributed by atoms with E-state index in [-0.39, 0.29) is 12.1 Å². The molecule has 1 atom stereocenters. The van der Waals surface area contributed by atoms with Crippen molar-refractivity contribution >= 4 is 17.3 Å². The molecule has 0 unspecified atom stereocenters. The molecule has 0 bridgehead atoms. The molecule has 1 heterocycles. The minimum atomic E-state index is -1.56. The zero-order valence-corrected chi connectivity index (χ0v) is 10.5. The lowest BCUT2D eigenvalue weighted by atomic mass is 9.97. The fourth-order valence-corrected chi connectivity index (χ4v) is 2.13. The molecule has 0 aromatic heterocycles. The van der Waals surface area contributed by atoms with Gasteiger partial charge in [0.25, 0.3) is 5.69 Å². The van der Waals surface area contributed by atoms with Gasteiger partial charge in [-0.15, -0.1) is 0 Å². The Hall–Kier alpha value is -2.28. The Balaban J connectivity index is 2.39. The summed E-state index contributed by atoms with van der Waals surface area (Å²) in [6, 6.07) is 5.45. The number of hydrogen-bond donors (Lipinski definition) is 1. The second-order valence-electron chi connectivity index (χ2n) is 4.46. The molecular formula is C12H13N3O4. The summed E-state index contributed by atoms with van der Waals surface area (Å²) in [5.41, 5.74) is -0.618. The molecule has 1 aromatic rings. The molecule has 1 aromatic carbocycles. The number of nitro groups is 1. The number of rotatable bonds is 2. The SMILES string of the molecule is CC(=O)N1N=C(C)C[C@@]1(O)c1ccc([N+](=O)[O-])cc1. The van der Waals surface area contributed by atoms with Crippen LogP contribution in [0.15, 0.2) is 29.4 Å². The Morgan fingerprint density at radius 1 is 1.47 bits per heavy atom. The second kappa shape index (κ2) is 4.43. The number of nitro benzene ring substituents is 1. The first kappa shape index (κ1) is 13.2. The number of non-ortho nitro benzene ring substituents is 1. The van der Waals surface area contributed by atoms with Gasteiger partial charge in [-0.05, 0) is 19.1 Å². The molecule has 2 rings (SSSR count). The van der Waals surface area contributed by atoms with Crippen LogP contribution in [-0.2, 0) is 10.5 Å². The summed E-state index contributed by atoms with van der Waals surface area (Å²) in [5, 5.41) is 26.2. The Kier molecular flexibility index (Phi) is 3.07. The van der Waals surface area contributed by atoms with Crippen molar-refractivity contribution < 1.29 is 14.8 Å². The van der Waals surface area contributed by atoms with Crippen LogP contribution in [0, 0.1) is 10.1 Å². The number of amides is 1. The van der Waals surface area contributed by atoms with E-state index in [0.717, 1.165) is 5.01 Å². The van der Waals surface area contributed by atoms with Crippen molar-refractivity contribution in [3.05, 3.63) is 39.9 Å². The number of aliphatic hydroxyl groups is 1. The number of nitrogens with zero attached hydrogens (tertiary/aromatic N) is 3. The summed E-state index contributed by atoms with van der Waals surface area (Å²) < 4.78 is 0. The fourth-order valence-electron chi connectivity index (χ4n) is 2.13. The molecule has 0 radical (unpaired) electrons. The van der Waals surface area contributed by atoms with E-state index in [1.807, 2.05) is 0 Å². The van der Waals surface area contributed by atoms with Crippen LogP contribution in [-0.4, -0.2) is 26.7 Å². The first-order valence-corrected chi connectivity index (χ1v) is 5.67. The van der Waals surface area contributed by atoms with E-state index in [1.54, 1.807) is 6.92 Å². The zero-order valence-electron chi connectivity index (χ0n) is 10.5. The minimum absolute atomic E-state index is 0.0719. The second-order valence-corrected chi connectivity index (χ2v) is 4.46. The van der Waals surface area contributed by atoms with Gasteiger partial charge in [0.15, 0.2) is 5.72 Å². The topological polar surface area (TPSA) is 96.0 Å². The highest BCUT2D eigenvalue weighted by Gasteiger charge is 2.43. The van der Waals surface area contributed by atoms with Crippen molar-refractivity contribution in [1.82, 2.24) is 5.01 Å². The van der Waals surface area contributed by atoms with E-state index in [0.29, 0.717) is 11.3 Å². The third-order valence-corrected chi connectivity index (χ3v) is 2.96. The molecule has 0 saturated heterocycles. The first-order chi connectivity index (χ1) is 8.84. The van der Waals surface area contributed by atoms with Crippen molar-refractivity contribution in [3.8, 4) is 0 Å². The zero-order chi connectivity index (χ0) is 14.2. The molecule has 1 N–H and O–H groups in total.